The van der Waals surface area contributed by atoms with Crippen LogP contribution in [0.1, 0.15) is 17.7 Å². The highest BCUT2D eigenvalue weighted by molar-refractivity contribution is 8.13. The van der Waals surface area contributed by atoms with Gasteiger partial charge in [0.1, 0.15) is 5.69 Å². The summed E-state index contributed by atoms with van der Waals surface area (Å²) in [6.07, 6.45) is -2.48. The molecule has 0 N–H and O–H groups in total. The van der Waals surface area contributed by atoms with E-state index in [4.69, 9.17) is 10.7 Å². The second kappa shape index (κ2) is 4.49. The Morgan fingerprint density at radius 2 is 2.06 bits per heavy atom. The van der Waals surface area contributed by atoms with E-state index in [0.717, 1.165) is 6.20 Å². The van der Waals surface area contributed by atoms with Gasteiger partial charge in [0, 0.05) is 22.4 Å². The van der Waals surface area contributed by atoms with Crippen LogP contribution >= 0.6 is 10.7 Å². The molecule has 17 heavy (non-hydrogen) atoms. The maximum atomic E-state index is 12.5. The minimum atomic E-state index is -4.69. The number of pyridine rings is 1. The Morgan fingerprint density at radius 3 is 2.41 bits per heavy atom. The summed E-state index contributed by atoms with van der Waals surface area (Å²) < 4.78 is 47.3. The summed E-state index contributed by atoms with van der Waals surface area (Å²) in [6, 6.07) is 0. The van der Waals surface area contributed by atoms with Crippen LogP contribution in [0.2, 0.25) is 0 Å². The van der Waals surface area contributed by atoms with Crippen molar-refractivity contribution >= 4 is 25.4 Å². The zero-order chi connectivity index (χ0) is 13.4. The van der Waals surface area contributed by atoms with Crippen LogP contribution in [0.3, 0.4) is 0 Å². The number of hydrogen-bond donors (Lipinski definition) is 0. The van der Waals surface area contributed by atoms with Gasteiger partial charge in [0.2, 0.25) is 0 Å². The molecule has 0 unspecified atom stereocenters. The SMILES string of the molecule is Cc1cnc(C(F)F)c(S(=O)(=O)Cl)c1[N+](=O)[O-]. The number of nitrogens with zero attached hydrogens (tertiary/aromatic N) is 2. The van der Waals surface area contributed by atoms with Crippen molar-refractivity contribution in [2.45, 2.75) is 18.2 Å². The van der Waals surface area contributed by atoms with E-state index in [1.165, 1.54) is 6.92 Å². The van der Waals surface area contributed by atoms with Gasteiger partial charge < -0.3 is 0 Å². The summed E-state index contributed by atoms with van der Waals surface area (Å²) in [6.45, 7) is 1.17. The van der Waals surface area contributed by atoms with Crippen molar-refractivity contribution in [1.29, 1.82) is 0 Å². The first-order valence-corrected chi connectivity index (χ1v) is 6.34. The average Bonchev–Trinajstić information content (AvgIpc) is 2.14. The predicted molar refractivity (Wildman–Crippen MR) is 53.6 cm³/mol. The van der Waals surface area contributed by atoms with Gasteiger partial charge in [-0.25, -0.2) is 17.2 Å². The third-order valence-electron chi connectivity index (χ3n) is 1.85. The molecule has 0 aliphatic rings. The Morgan fingerprint density at radius 1 is 1.53 bits per heavy atom. The third-order valence-corrected chi connectivity index (χ3v) is 3.20. The van der Waals surface area contributed by atoms with Crippen molar-refractivity contribution < 1.29 is 22.1 Å². The first-order valence-electron chi connectivity index (χ1n) is 4.03. The van der Waals surface area contributed by atoms with Crippen molar-refractivity contribution in [3.63, 3.8) is 0 Å². The maximum absolute atomic E-state index is 12.5. The molecule has 0 saturated carbocycles. The minimum Gasteiger partial charge on any atom is -0.258 e. The highest BCUT2D eigenvalue weighted by atomic mass is 35.7. The van der Waals surface area contributed by atoms with Gasteiger partial charge in [-0.05, 0) is 6.92 Å². The molecule has 0 spiro atoms. The van der Waals surface area contributed by atoms with Gasteiger partial charge in [-0.1, -0.05) is 0 Å². The second-order valence-corrected chi connectivity index (χ2v) is 5.50. The molecule has 0 amide bonds. The van der Waals surface area contributed by atoms with Crippen LogP contribution in [0.25, 0.3) is 0 Å². The van der Waals surface area contributed by atoms with E-state index in [2.05, 4.69) is 4.98 Å². The fraction of sp³-hybridized carbons (Fsp3) is 0.286. The number of alkyl halides is 2. The number of aromatic nitrogens is 1. The molecule has 1 aromatic heterocycles. The highest BCUT2D eigenvalue weighted by Crippen LogP contribution is 2.36. The molecule has 1 rings (SSSR count). The van der Waals surface area contributed by atoms with Gasteiger partial charge in [0.05, 0.1) is 4.92 Å². The standard InChI is InChI=1S/C7H5ClF2N2O4S/c1-3-2-11-4(7(9)10)6(17(8,15)16)5(3)12(13)14/h2,7H,1H3. The van der Waals surface area contributed by atoms with E-state index in [-0.39, 0.29) is 5.56 Å². The molecular weight excluding hydrogens is 282 g/mol. The summed E-state index contributed by atoms with van der Waals surface area (Å²) >= 11 is 0. The lowest BCUT2D eigenvalue weighted by Gasteiger charge is -2.07. The zero-order valence-electron chi connectivity index (χ0n) is 8.22. The van der Waals surface area contributed by atoms with Crippen molar-refractivity contribution in [2.75, 3.05) is 0 Å². The Kier molecular flexibility index (Phi) is 3.62. The van der Waals surface area contributed by atoms with Gasteiger partial charge in [0.15, 0.2) is 4.90 Å². The summed E-state index contributed by atoms with van der Waals surface area (Å²) in [5.74, 6) is 0. The van der Waals surface area contributed by atoms with Crippen molar-refractivity contribution in [3.05, 3.63) is 27.6 Å². The van der Waals surface area contributed by atoms with Crippen molar-refractivity contribution in [1.82, 2.24) is 4.98 Å². The monoisotopic (exact) mass is 286 g/mol. The molecule has 0 aliphatic carbocycles. The Balaban J connectivity index is 3.82. The van der Waals surface area contributed by atoms with E-state index in [1.54, 1.807) is 0 Å². The molecular formula is C7H5ClF2N2O4S. The third kappa shape index (κ3) is 2.67. The van der Waals surface area contributed by atoms with Crippen LogP contribution in [0.4, 0.5) is 14.5 Å². The van der Waals surface area contributed by atoms with Crippen molar-refractivity contribution in [3.8, 4) is 0 Å². The van der Waals surface area contributed by atoms with E-state index < -0.39 is 36.7 Å². The number of hydrogen-bond acceptors (Lipinski definition) is 5. The molecule has 10 heteroatoms. The molecule has 0 aromatic carbocycles. The number of halogens is 3. The predicted octanol–water partition coefficient (Wildman–Crippen LogP) is 2.16. The summed E-state index contributed by atoms with van der Waals surface area (Å²) in [7, 11) is 0.235. The molecule has 6 nitrogen and oxygen atoms in total. The first-order chi connectivity index (χ1) is 7.66. The quantitative estimate of drug-likeness (QED) is 0.482. The fourth-order valence-electron chi connectivity index (χ4n) is 1.21. The van der Waals surface area contributed by atoms with Crippen LogP contribution < -0.4 is 0 Å². The van der Waals surface area contributed by atoms with Crippen LogP contribution in [0, 0.1) is 17.0 Å². The van der Waals surface area contributed by atoms with E-state index in [0.29, 0.717) is 0 Å². The second-order valence-electron chi connectivity index (χ2n) is 3.00. The summed E-state index contributed by atoms with van der Waals surface area (Å²) in [4.78, 5) is 11.5. The number of nitro groups is 1. The fourth-order valence-corrected chi connectivity index (χ4v) is 2.52. The van der Waals surface area contributed by atoms with Gasteiger partial charge in [-0.2, -0.15) is 0 Å². The molecule has 94 valence electrons. The molecule has 1 aromatic rings. The number of rotatable bonds is 3. The Bertz CT molecular complexity index is 575. The molecule has 0 radical (unpaired) electrons. The molecule has 0 fully saturated rings. The molecule has 0 bridgehead atoms. The lowest BCUT2D eigenvalue weighted by atomic mass is 10.2. The first kappa shape index (κ1) is 13.7. The van der Waals surface area contributed by atoms with E-state index in [1.807, 2.05) is 0 Å². The summed E-state index contributed by atoms with van der Waals surface area (Å²) in [5, 5.41) is 10.7. The highest BCUT2D eigenvalue weighted by Gasteiger charge is 2.34. The van der Waals surface area contributed by atoms with Gasteiger partial charge in [-0.15, -0.1) is 0 Å². The van der Waals surface area contributed by atoms with E-state index >= 15 is 0 Å². The van der Waals surface area contributed by atoms with Crippen molar-refractivity contribution in [2.24, 2.45) is 0 Å². The Labute approximate surface area is 98.8 Å². The van der Waals surface area contributed by atoms with Crippen LogP contribution in [-0.2, 0) is 9.05 Å². The maximum Gasteiger partial charge on any atom is 0.295 e. The normalized spacial score (nSPS) is 11.8. The van der Waals surface area contributed by atoms with Crippen LogP contribution in [0.15, 0.2) is 11.1 Å². The molecule has 0 aliphatic heterocycles. The topological polar surface area (TPSA) is 90.2 Å². The van der Waals surface area contributed by atoms with Gasteiger partial charge in [-0.3, -0.25) is 15.1 Å². The van der Waals surface area contributed by atoms with Crippen LogP contribution in [-0.4, -0.2) is 18.3 Å². The molecule has 0 atom stereocenters. The lowest BCUT2D eigenvalue weighted by molar-refractivity contribution is -0.388. The smallest absolute Gasteiger partial charge is 0.258 e. The number of aryl methyl sites for hydroxylation is 1. The Hall–Kier alpha value is -1.35. The summed E-state index contributed by atoms with van der Waals surface area (Å²) in [5.41, 5.74) is -2.37. The zero-order valence-corrected chi connectivity index (χ0v) is 9.80. The lowest BCUT2D eigenvalue weighted by Crippen LogP contribution is -2.08. The van der Waals surface area contributed by atoms with E-state index in [9.17, 15) is 27.3 Å². The van der Waals surface area contributed by atoms with Gasteiger partial charge >= 0.3 is 0 Å². The van der Waals surface area contributed by atoms with Gasteiger partial charge in [0.25, 0.3) is 21.2 Å². The average molecular weight is 287 g/mol. The largest absolute Gasteiger partial charge is 0.295 e. The van der Waals surface area contributed by atoms with Crippen LogP contribution in [0.5, 0.6) is 0 Å². The molecule has 1 heterocycles. The molecule has 0 saturated heterocycles. The minimum absolute atomic E-state index is 0.168.